The molecule has 0 radical (unpaired) electrons. The van der Waals surface area contributed by atoms with Crippen LogP contribution in [0.15, 0.2) is 0 Å². The Morgan fingerprint density at radius 1 is 0.500 bits per heavy atom. The van der Waals surface area contributed by atoms with Gasteiger partial charge in [-0.2, -0.15) is 0 Å². The molecule has 1 unspecified atom stereocenters. The summed E-state index contributed by atoms with van der Waals surface area (Å²) in [4.78, 5) is 26.3. The second-order valence-corrected chi connectivity index (χ2v) is 12.5. The highest BCUT2D eigenvalue weighted by Crippen LogP contribution is 2.20. The Morgan fingerprint density at radius 2 is 0.850 bits per heavy atom. The van der Waals surface area contributed by atoms with Crippen LogP contribution in [-0.4, -0.2) is 35.0 Å². The summed E-state index contributed by atoms with van der Waals surface area (Å²) in [5.74, 6) is -0.464. The third-order valence-corrected chi connectivity index (χ3v) is 8.71. The van der Waals surface area contributed by atoms with Crippen molar-refractivity contribution in [2.45, 2.75) is 201 Å². The molecule has 1 atom stereocenters. The van der Waals surface area contributed by atoms with Crippen molar-refractivity contribution in [3.8, 4) is 0 Å². The molecule has 4 heteroatoms. The molecular formula is C36H71NO3. The van der Waals surface area contributed by atoms with Gasteiger partial charge in [0.05, 0.1) is 5.92 Å². The molecule has 0 heterocycles. The van der Waals surface area contributed by atoms with Crippen LogP contribution in [0.3, 0.4) is 0 Å². The van der Waals surface area contributed by atoms with E-state index in [1.165, 1.54) is 122 Å². The predicted octanol–water partition coefficient (Wildman–Crippen LogP) is 11.5. The number of rotatable bonds is 32. The minimum atomic E-state index is -0.609. The molecule has 0 aromatic carbocycles. The molecule has 1 N–H and O–H groups in total. The smallest absolute Gasteiger partial charge is 0.306 e. The topological polar surface area (TPSA) is 57.6 Å². The van der Waals surface area contributed by atoms with Crippen LogP contribution in [0, 0.1) is 5.92 Å². The van der Waals surface area contributed by atoms with Gasteiger partial charge in [0, 0.05) is 19.5 Å². The fourth-order valence-electron chi connectivity index (χ4n) is 5.87. The summed E-state index contributed by atoms with van der Waals surface area (Å²) in [6.45, 7) is 8.27. The van der Waals surface area contributed by atoms with Crippen molar-refractivity contribution in [3.05, 3.63) is 0 Å². The van der Waals surface area contributed by atoms with E-state index in [9.17, 15) is 14.7 Å². The van der Waals surface area contributed by atoms with E-state index >= 15 is 0 Å². The molecule has 0 fully saturated rings. The van der Waals surface area contributed by atoms with Crippen LogP contribution in [0.1, 0.15) is 201 Å². The molecule has 0 rings (SSSR count). The molecule has 0 aliphatic heterocycles. The van der Waals surface area contributed by atoms with Crippen LogP contribution in [0.4, 0.5) is 0 Å². The lowest BCUT2D eigenvalue weighted by molar-refractivity contribution is -0.142. The second-order valence-electron chi connectivity index (χ2n) is 12.5. The molecule has 0 aliphatic rings. The number of amides is 1. The summed E-state index contributed by atoms with van der Waals surface area (Å²) in [6.07, 6.45) is 33.9. The number of carboxylic acids is 1. The second kappa shape index (κ2) is 30.9. The van der Waals surface area contributed by atoms with Crippen LogP contribution in [-0.2, 0) is 9.59 Å². The van der Waals surface area contributed by atoms with E-state index in [-0.39, 0.29) is 5.92 Å². The van der Waals surface area contributed by atoms with Gasteiger partial charge in [0.25, 0.3) is 0 Å². The maximum atomic E-state index is 12.6. The Hall–Kier alpha value is -1.06. The summed E-state index contributed by atoms with van der Waals surface area (Å²) >= 11 is 0. The highest BCUT2D eigenvalue weighted by molar-refractivity contribution is 5.76. The van der Waals surface area contributed by atoms with E-state index in [1.54, 1.807) is 0 Å². The Balaban J connectivity index is 3.73. The van der Waals surface area contributed by atoms with E-state index in [0.717, 1.165) is 64.5 Å². The van der Waals surface area contributed by atoms with Crippen LogP contribution < -0.4 is 0 Å². The number of nitrogens with zero attached hydrogens (tertiary/aromatic N) is 1. The average molecular weight is 566 g/mol. The van der Waals surface area contributed by atoms with Gasteiger partial charge < -0.3 is 10.0 Å². The van der Waals surface area contributed by atoms with Crippen LogP contribution in [0.5, 0.6) is 0 Å². The Morgan fingerprint density at radius 3 is 1.23 bits per heavy atom. The van der Waals surface area contributed by atoms with E-state index in [2.05, 4.69) is 20.8 Å². The van der Waals surface area contributed by atoms with Gasteiger partial charge >= 0.3 is 5.97 Å². The van der Waals surface area contributed by atoms with Crippen LogP contribution >= 0.6 is 0 Å². The summed E-state index contributed by atoms with van der Waals surface area (Å²) in [5, 5.41) is 9.64. The molecule has 0 bridgehead atoms. The van der Waals surface area contributed by atoms with Crippen LogP contribution in [0.25, 0.3) is 0 Å². The molecule has 0 saturated heterocycles. The standard InChI is InChI=1S/C36H71NO3/c1-4-7-9-11-13-15-16-17-19-20-22-26-30-34(36(39)40)31-27-24-25-29-33-37(6-3)35(38)32-28-23-21-18-14-12-10-8-5-2/h34H,4-33H2,1-3H3,(H,39,40). The third kappa shape index (κ3) is 25.9. The van der Waals surface area contributed by atoms with Gasteiger partial charge in [-0.15, -0.1) is 0 Å². The van der Waals surface area contributed by atoms with Crippen molar-refractivity contribution >= 4 is 11.9 Å². The molecular weight excluding hydrogens is 494 g/mol. The van der Waals surface area contributed by atoms with E-state index in [1.807, 2.05) is 4.90 Å². The fraction of sp³-hybridized carbons (Fsp3) is 0.944. The summed E-state index contributed by atoms with van der Waals surface area (Å²) in [5.41, 5.74) is 0. The lowest BCUT2D eigenvalue weighted by Gasteiger charge is -2.21. The lowest BCUT2D eigenvalue weighted by atomic mass is 9.94. The maximum absolute atomic E-state index is 12.6. The Kier molecular flexibility index (Phi) is 30.1. The average Bonchev–Trinajstić information content (AvgIpc) is 2.95. The minimum Gasteiger partial charge on any atom is -0.481 e. The molecule has 0 aromatic heterocycles. The Labute approximate surface area is 250 Å². The fourth-order valence-corrected chi connectivity index (χ4v) is 5.87. The van der Waals surface area contributed by atoms with E-state index in [0.29, 0.717) is 12.3 Å². The van der Waals surface area contributed by atoms with Gasteiger partial charge in [0.1, 0.15) is 0 Å². The van der Waals surface area contributed by atoms with Gasteiger partial charge in [-0.05, 0) is 32.6 Å². The zero-order valence-electron chi connectivity index (χ0n) is 27.5. The number of aliphatic carboxylic acids is 1. The molecule has 1 amide bonds. The highest BCUT2D eigenvalue weighted by atomic mass is 16.4. The largest absolute Gasteiger partial charge is 0.481 e. The van der Waals surface area contributed by atoms with Gasteiger partial charge in [0.2, 0.25) is 5.91 Å². The summed E-state index contributed by atoms with van der Waals surface area (Å²) < 4.78 is 0. The first-order valence-corrected chi connectivity index (χ1v) is 18.1. The van der Waals surface area contributed by atoms with Crippen molar-refractivity contribution in [3.63, 3.8) is 0 Å². The highest BCUT2D eigenvalue weighted by Gasteiger charge is 2.16. The van der Waals surface area contributed by atoms with E-state index < -0.39 is 5.97 Å². The number of carbonyl (C=O) groups excluding carboxylic acids is 1. The van der Waals surface area contributed by atoms with E-state index in [4.69, 9.17) is 0 Å². The zero-order valence-corrected chi connectivity index (χ0v) is 27.5. The van der Waals surface area contributed by atoms with Crippen molar-refractivity contribution in [2.24, 2.45) is 5.92 Å². The van der Waals surface area contributed by atoms with Crippen LogP contribution in [0.2, 0.25) is 0 Å². The maximum Gasteiger partial charge on any atom is 0.306 e. The van der Waals surface area contributed by atoms with Crippen molar-refractivity contribution in [1.29, 1.82) is 0 Å². The lowest BCUT2D eigenvalue weighted by Crippen LogP contribution is -2.31. The first-order valence-electron chi connectivity index (χ1n) is 18.1. The van der Waals surface area contributed by atoms with Gasteiger partial charge in [-0.25, -0.2) is 0 Å². The van der Waals surface area contributed by atoms with Gasteiger partial charge in [0.15, 0.2) is 0 Å². The molecule has 0 aliphatic carbocycles. The number of hydrogen-bond donors (Lipinski definition) is 1. The molecule has 4 nitrogen and oxygen atoms in total. The van der Waals surface area contributed by atoms with Gasteiger partial charge in [-0.1, -0.05) is 162 Å². The summed E-state index contributed by atoms with van der Waals surface area (Å²) in [6, 6.07) is 0. The molecule has 40 heavy (non-hydrogen) atoms. The number of unbranched alkanes of at least 4 members (excludes halogenated alkanes) is 22. The zero-order chi connectivity index (χ0) is 29.5. The molecule has 0 saturated carbocycles. The Bertz CT molecular complexity index is 550. The normalized spacial score (nSPS) is 12.1. The first-order chi connectivity index (χ1) is 19.6. The quantitative estimate of drug-likeness (QED) is 0.0825. The molecule has 0 spiro atoms. The first kappa shape index (κ1) is 38.9. The SMILES string of the molecule is CCCCCCCCCCCCCCC(CCCCCCN(CC)C(=O)CCCCCCCCCCC)C(=O)O. The summed E-state index contributed by atoms with van der Waals surface area (Å²) in [7, 11) is 0. The number of hydrogen-bond acceptors (Lipinski definition) is 2. The molecule has 238 valence electrons. The van der Waals surface area contributed by atoms with Gasteiger partial charge in [-0.3, -0.25) is 9.59 Å². The minimum absolute atomic E-state index is 0.173. The number of carboxylic acid groups (broad SMARTS) is 1. The molecule has 0 aromatic rings. The van der Waals surface area contributed by atoms with Crippen molar-refractivity contribution in [2.75, 3.05) is 13.1 Å². The monoisotopic (exact) mass is 566 g/mol. The third-order valence-electron chi connectivity index (χ3n) is 8.71. The van der Waals surface area contributed by atoms with Crippen molar-refractivity contribution in [1.82, 2.24) is 4.90 Å². The number of carbonyl (C=O) groups is 2. The predicted molar refractivity (Wildman–Crippen MR) is 174 cm³/mol. The van der Waals surface area contributed by atoms with Crippen molar-refractivity contribution < 1.29 is 14.7 Å².